The molecule has 2 aromatic rings. The molecule has 0 saturated heterocycles. The Hall–Kier alpha value is -2.60. The predicted molar refractivity (Wildman–Crippen MR) is 82.8 cm³/mol. The monoisotopic (exact) mass is 278 g/mol. The van der Waals surface area contributed by atoms with Crippen molar-refractivity contribution >= 4 is 5.91 Å². The quantitative estimate of drug-likeness (QED) is 0.926. The number of nitrogens with zero attached hydrogens (tertiary/aromatic N) is 1. The second-order valence-corrected chi connectivity index (χ2v) is 5.04. The maximum atomic E-state index is 12.3. The Morgan fingerprint density at radius 3 is 2.57 bits per heavy atom. The van der Waals surface area contributed by atoms with E-state index >= 15 is 0 Å². The van der Waals surface area contributed by atoms with Crippen molar-refractivity contribution in [3.8, 4) is 6.07 Å². The lowest BCUT2D eigenvalue weighted by molar-refractivity contribution is 0.0935. The van der Waals surface area contributed by atoms with Crippen molar-refractivity contribution < 1.29 is 4.79 Å². The van der Waals surface area contributed by atoms with E-state index in [1.807, 2.05) is 44.2 Å². The Morgan fingerprint density at radius 2 is 1.95 bits per heavy atom. The molecule has 0 fully saturated rings. The molecule has 1 N–H and O–H groups in total. The lowest BCUT2D eigenvalue weighted by Gasteiger charge is -2.18. The summed E-state index contributed by atoms with van der Waals surface area (Å²) >= 11 is 0. The second kappa shape index (κ2) is 6.71. The van der Waals surface area contributed by atoms with Crippen LogP contribution >= 0.6 is 0 Å². The molecule has 3 heteroatoms. The summed E-state index contributed by atoms with van der Waals surface area (Å²) in [5.41, 5.74) is 3.29. The van der Waals surface area contributed by atoms with Gasteiger partial charge in [-0.25, -0.2) is 0 Å². The van der Waals surface area contributed by atoms with Crippen molar-refractivity contribution in [2.45, 2.75) is 26.3 Å². The molecular weight excluding hydrogens is 260 g/mol. The van der Waals surface area contributed by atoms with Crippen molar-refractivity contribution in [3.63, 3.8) is 0 Å². The van der Waals surface area contributed by atoms with Gasteiger partial charge in [-0.3, -0.25) is 4.79 Å². The van der Waals surface area contributed by atoms with E-state index in [1.54, 1.807) is 24.3 Å². The number of nitrogens with one attached hydrogen (secondary N) is 1. The van der Waals surface area contributed by atoms with Gasteiger partial charge in [0.2, 0.25) is 0 Å². The minimum atomic E-state index is -0.153. The normalized spacial score (nSPS) is 11.5. The molecule has 1 atom stereocenters. The van der Waals surface area contributed by atoms with Crippen LogP contribution < -0.4 is 5.32 Å². The van der Waals surface area contributed by atoms with Crippen molar-refractivity contribution in [2.24, 2.45) is 0 Å². The summed E-state index contributed by atoms with van der Waals surface area (Å²) in [7, 11) is 0. The summed E-state index contributed by atoms with van der Waals surface area (Å²) in [6.07, 6.45) is 0.812. The zero-order valence-electron chi connectivity index (χ0n) is 12.3. The van der Waals surface area contributed by atoms with Crippen LogP contribution in [0.4, 0.5) is 0 Å². The van der Waals surface area contributed by atoms with Crippen LogP contribution in [0.25, 0.3) is 0 Å². The third-order valence-electron chi connectivity index (χ3n) is 3.45. The van der Waals surface area contributed by atoms with Gasteiger partial charge in [0.1, 0.15) is 0 Å². The molecule has 0 aromatic heterocycles. The van der Waals surface area contributed by atoms with E-state index in [1.165, 1.54) is 5.56 Å². The van der Waals surface area contributed by atoms with E-state index in [0.29, 0.717) is 11.1 Å². The third kappa shape index (κ3) is 3.70. The highest BCUT2D eigenvalue weighted by molar-refractivity contribution is 5.94. The van der Waals surface area contributed by atoms with Gasteiger partial charge < -0.3 is 5.32 Å². The first-order valence-corrected chi connectivity index (χ1v) is 7.01. The van der Waals surface area contributed by atoms with E-state index in [9.17, 15) is 4.79 Å². The van der Waals surface area contributed by atoms with Gasteiger partial charge in [0.25, 0.3) is 5.91 Å². The third-order valence-corrected chi connectivity index (χ3v) is 3.45. The molecule has 0 aliphatic heterocycles. The molecule has 1 unspecified atom stereocenters. The summed E-state index contributed by atoms with van der Waals surface area (Å²) in [6, 6.07) is 16.9. The number of carbonyl (C=O) groups is 1. The van der Waals surface area contributed by atoms with Crippen molar-refractivity contribution in [3.05, 3.63) is 70.8 Å². The fourth-order valence-electron chi connectivity index (χ4n) is 2.19. The number of nitriles is 1. The molecule has 21 heavy (non-hydrogen) atoms. The van der Waals surface area contributed by atoms with Crippen LogP contribution in [0.2, 0.25) is 0 Å². The fourth-order valence-corrected chi connectivity index (χ4v) is 2.19. The molecule has 0 heterocycles. The standard InChI is InChI=1S/C18H18N2O/c1-3-17(15-9-7-13(2)8-10-15)20-18(21)16-6-4-5-14(11-16)12-19/h4-11,17H,3H2,1-2H3,(H,20,21). The van der Waals surface area contributed by atoms with Crippen LogP contribution in [0.15, 0.2) is 48.5 Å². The minimum Gasteiger partial charge on any atom is -0.345 e. The molecular formula is C18H18N2O. The molecule has 0 aliphatic rings. The second-order valence-electron chi connectivity index (χ2n) is 5.04. The number of hydrogen-bond donors (Lipinski definition) is 1. The Morgan fingerprint density at radius 1 is 1.24 bits per heavy atom. The summed E-state index contributed by atoms with van der Waals surface area (Å²) in [6.45, 7) is 4.08. The SMILES string of the molecule is CCC(NC(=O)c1cccc(C#N)c1)c1ccc(C)cc1. The zero-order chi connectivity index (χ0) is 15.2. The van der Waals surface area contributed by atoms with Gasteiger partial charge in [0, 0.05) is 5.56 Å². The highest BCUT2D eigenvalue weighted by atomic mass is 16.1. The maximum absolute atomic E-state index is 12.3. The van der Waals surface area contributed by atoms with Crippen LogP contribution in [0.3, 0.4) is 0 Å². The van der Waals surface area contributed by atoms with Gasteiger partial charge in [-0.2, -0.15) is 5.26 Å². The summed E-state index contributed by atoms with van der Waals surface area (Å²) in [4.78, 5) is 12.3. The summed E-state index contributed by atoms with van der Waals surface area (Å²) in [5.74, 6) is -0.153. The predicted octanol–water partition coefficient (Wildman–Crippen LogP) is 3.75. The van der Waals surface area contributed by atoms with E-state index in [2.05, 4.69) is 5.32 Å². The van der Waals surface area contributed by atoms with Crippen molar-refractivity contribution in [1.29, 1.82) is 5.26 Å². The molecule has 106 valence electrons. The molecule has 0 aliphatic carbocycles. The van der Waals surface area contributed by atoms with Crippen LogP contribution in [0, 0.1) is 18.3 Å². The van der Waals surface area contributed by atoms with Gasteiger partial charge in [-0.05, 0) is 37.1 Å². The van der Waals surface area contributed by atoms with Crippen LogP contribution in [0.1, 0.15) is 46.4 Å². The van der Waals surface area contributed by atoms with Gasteiger partial charge >= 0.3 is 0 Å². The molecule has 2 aromatic carbocycles. The van der Waals surface area contributed by atoms with Crippen LogP contribution in [-0.4, -0.2) is 5.91 Å². The van der Waals surface area contributed by atoms with Crippen molar-refractivity contribution in [1.82, 2.24) is 5.32 Å². The largest absolute Gasteiger partial charge is 0.345 e. The van der Waals surface area contributed by atoms with Gasteiger partial charge in [-0.15, -0.1) is 0 Å². The first kappa shape index (κ1) is 14.8. The maximum Gasteiger partial charge on any atom is 0.251 e. The first-order chi connectivity index (χ1) is 10.1. The smallest absolute Gasteiger partial charge is 0.251 e. The van der Waals surface area contributed by atoms with Crippen LogP contribution in [-0.2, 0) is 0 Å². The van der Waals surface area contributed by atoms with E-state index < -0.39 is 0 Å². The molecule has 0 bridgehead atoms. The lowest BCUT2D eigenvalue weighted by atomic mass is 10.0. The molecule has 0 spiro atoms. The van der Waals surface area contributed by atoms with Gasteiger partial charge in [0.05, 0.1) is 17.7 Å². The number of benzene rings is 2. The molecule has 1 amide bonds. The minimum absolute atomic E-state index is 0.0242. The first-order valence-electron chi connectivity index (χ1n) is 7.01. The lowest BCUT2D eigenvalue weighted by Crippen LogP contribution is -2.28. The highest BCUT2D eigenvalue weighted by Gasteiger charge is 2.14. The van der Waals surface area contributed by atoms with E-state index in [4.69, 9.17) is 5.26 Å². The Labute approximate surface area is 125 Å². The fraction of sp³-hybridized carbons (Fsp3) is 0.222. The Balaban J connectivity index is 2.16. The molecule has 0 radical (unpaired) electrons. The number of amides is 1. The van der Waals surface area contributed by atoms with Gasteiger partial charge in [-0.1, -0.05) is 42.8 Å². The van der Waals surface area contributed by atoms with Gasteiger partial charge in [0.15, 0.2) is 0 Å². The number of hydrogen-bond acceptors (Lipinski definition) is 2. The van der Waals surface area contributed by atoms with Crippen molar-refractivity contribution in [2.75, 3.05) is 0 Å². The molecule has 2 rings (SSSR count). The number of aryl methyl sites for hydroxylation is 1. The molecule has 3 nitrogen and oxygen atoms in total. The average Bonchev–Trinajstić information content (AvgIpc) is 2.53. The summed E-state index contributed by atoms with van der Waals surface area (Å²) < 4.78 is 0. The summed E-state index contributed by atoms with van der Waals surface area (Å²) in [5, 5.41) is 11.9. The average molecular weight is 278 g/mol. The topological polar surface area (TPSA) is 52.9 Å². The van der Waals surface area contributed by atoms with E-state index in [-0.39, 0.29) is 11.9 Å². The Bertz CT molecular complexity index is 668. The number of carbonyl (C=O) groups excluding carboxylic acids is 1. The molecule has 0 saturated carbocycles. The van der Waals surface area contributed by atoms with E-state index in [0.717, 1.165) is 12.0 Å². The number of rotatable bonds is 4. The Kier molecular flexibility index (Phi) is 4.73. The van der Waals surface area contributed by atoms with Crippen LogP contribution in [0.5, 0.6) is 0 Å². The zero-order valence-corrected chi connectivity index (χ0v) is 12.3. The highest BCUT2D eigenvalue weighted by Crippen LogP contribution is 2.18.